The van der Waals surface area contributed by atoms with Crippen LogP contribution in [0.3, 0.4) is 0 Å². The molecule has 1 amide bonds. The lowest BCUT2D eigenvalue weighted by molar-refractivity contribution is -0.123. The Bertz CT molecular complexity index is 1020. The Labute approximate surface area is 180 Å². The monoisotopic (exact) mass is 423 g/mol. The first kappa shape index (κ1) is 21.4. The van der Waals surface area contributed by atoms with E-state index in [2.05, 4.69) is 5.32 Å². The molecule has 0 heterocycles. The summed E-state index contributed by atoms with van der Waals surface area (Å²) < 4.78 is 10.9. The highest BCUT2D eigenvalue weighted by atomic mass is 35.5. The molecule has 3 rings (SSSR count). The molecule has 0 radical (unpaired) electrons. The van der Waals surface area contributed by atoms with Gasteiger partial charge in [0, 0.05) is 10.6 Å². The number of ether oxygens (including phenoxy) is 2. The molecular weight excluding hydrogens is 402 g/mol. The topological polar surface area (TPSA) is 64.6 Å². The number of nitrogens with one attached hydrogen (secondary N) is 1. The summed E-state index contributed by atoms with van der Waals surface area (Å²) in [6.07, 6.45) is 0. The molecule has 1 atom stereocenters. The first-order chi connectivity index (χ1) is 14.5. The fraction of sp³-hybridized carbons (Fsp3) is 0.167. The minimum Gasteiger partial charge on any atom is -0.493 e. The van der Waals surface area contributed by atoms with Crippen LogP contribution < -0.4 is 14.8 Å². The van der Waals surface area contributed by atoms with Gasteiger partial charge in [-0.2, -0.15) is 0 Å². The SMILES string of the molecule is COc1cc(C(C)=O)ccc1OCC(=O)NC(c1ccccc1)c1ccc(Cl)cc1. The summed E-state index contributed by atoms with van der Waals surface area (Å²) in [5.41, 5.74) is 2.36. The van der Waals surface area contributed by atoms with Gasteiger partial charge in [-0.1, -0.05) is 54.1 Å². The highest BCUT2D eigenvalue weighted by Gasteiger charge is 2.18. The fourth-order valence-electron chi connectivity index (χ4n) is 3.01. The molecule has 0 saturated heterocycles. The van der Waals surface area contributed by atoms with Gasteiger partial charge >= 0.3 is 0 Å². The Morgan fingerprint density at radius 1 is 0.933 bits per heavy atom. The van der Waals surface area contributed by atoms with E-state index in [1.54, 1.807) is 30.3 Å². The van der Waals surface area contributed by atoms with Crippen molar-refractivity contribution in [1.29, 1.82) is 0 Å². The van der Waals surface area contributed by atoms with Crippen molar-refractivity contribution in [2.75, 3.05) is 13.7 Å². The first-order valence-corrected chi connectivity index (χ1v) is 9.77. The summed E-state index contributed by atoms with van der Waals surface area (Å²) in [6.45, 7) is 1.27. The molecule has 0 aliphatic carbocycles. The Morgan fingerprint density at radius 2 is 1.60 bits per heavy atom. The zero-order valence-electron chi connectivity index (χ0n) is 16.7. The lowest BCUT2D eigenvalue weighted by Crippen LogP contribution is -2.33. The van der Waals surface area contributed by atoms with E-state index >= 15 is 0 Å². The highest BCUT2D eigenvalue weighted by Crippen LogP contribution is 2.28. The third kappa shape index (κ3) is 5.39. The molecule has 1 unspecified atom stereocenters. The van der Waals surface area contributed by atoms with E-state index in [-0.39, 0.29) is 24.3 Å². The molecule has 0 bridgehead atoms. The van der Waals surface area contributed by atoms with E-state index in [0.717, 1.165) is 11.1 Å². The fourth-order valence-corrected chi connectivity index (χ4v) is 3.14. The maximum absolute atomic E-state index is 12.7. The van der Waals surface area contributed by atoms with Crippen molar-refractivity contribution in [3.05, 3.63) is 94.5 Å². The van der Waals surface area contributed by atoms with Gasteiger partial charge < -0.3 is 14.8 Å². The smallest absolute Gasteiger partial charge is 0.258 e. The summed E-state index contributed by atoms with van der Waals surface area (Å²) in [5.74, 6) is 0.413. The molecule has 0 saturated carbocycles. The van der Waals surface area contributed by atoms with Crippen molar-refractivity contribution in [3.63, 3.8) is 0 Å². The van der Waals surface area contributed by atoms with Crippen LogP contribution in [-0.2, 0) is 4.79 Å². The maximum atomic E-state index is 12.7. The third-order valence-corrected chi connectivity index (χ3v) is 4.82. The van der Waals surface area contributed by atoms with Crippen LogP contribution in [0, 0.1) is 0 Å². The van der Waals surface area contributed by atoms with Gasteiger partial charge in [-0.25, -0.2) is 0 Å². The number of hydrogen-bond acceptors (Lipinski definition) is 4. The van der Waals surface area contributed by atoms with E-state index in [0.29, 0.717) is 22.1 Å². The standard InChI is InChI=1S/C24H22ClNO4/c1-16(27)19-10-13-21(22(14-19)29-2)30-15-23(28)26-24(17-6-4-3-5-7-17)18-8-11-20(25)12-9-18/h3-14,24H,15H2,1-2H3,(H,26,28). The van der Waals surface area contributed by atoms with Crippen LogP contribution in [0.5, 0.6) is 11.5 Å². The summed E-state index contributed by atoms with van der Waals surface area (Å²) in [4.78, 5) is 24.2. The van der Waals surface area contributed by atoms with E-state index < -0.39 is 0 Å². The Hall–Kier alpha value is -3.31. The highest BCUT2D eigenvalue weighted by molar-refractivity contribution is 6.30. The predicted octanol–water partition coefficient (Wildman–Crippen LogP) is 4.84. The minimum atomic E-state index is -0.346. The molecule has 6 heteroatoms. The van der Waals surface area contributed by atoms with Crippen LogP contribution in [0.25, 0.3) is 0 Å². The zero-order valence-corrected chi connectivity index (χ0v) is 17.5. The molecule has 3 aromatic rings. The molecule has 0 spiro atoms. The van der Waals surface area contributed by atoms with Gasteiger partial charge in [-0.05, 0) is 48.4 Å². The van der Waals surface area contributed by atoms with E-state index in [1.165, 1.54) is 14.0 Å². The number of rotatable bonds is 8. The molecular formula is C24H22ClNO4. The van der Waals surface area contributed by atoms with Gasteiger partial charge in [0.25, 0.3) is 5.91 Å². The normalized spacial score (nSPS) is 11.4. The number of amides is 1. The number of halogens is 1. The lowest BCUT2D eigenvalue weighted by atomic mass is 9.99. The molecule has 154 valence electrons. The molecule has 0 aromatic heterocycles. The second-order valence-electron chi connectivity index (χ2n) is 6.67. The molecule has 5 nitrogen and oxygen atoms in total. The molecule has 0 aliphatic heterocycles. The quantitative estimate of drug-likeness (QED) is 0.527. The van der Waals surface area contributed by atoms with Crippen molar-refractivity contribution < 1.29 is 19.1 Å². The second kappa shape index (κ2) is 9.94. The van der Waals surface area contributed by atoms with Gasteiger partial charge in [0.15, 0.2) is 23.9 Å². The minimum absolute atomic E-state index is 0.0775. The maximum Gasteiger partial charge on any atom is 0.258 e. The van der Waals surface area contributed by atoms with Crippen LogP contribution in [0.4, 0.5) is 0 Å². The number of Topliss-reactive ketones (excluding diaryl/α,β-unsaturated/α-hetero) is 1. The number of carbonyl (C=O) groups excluding carboxylic acids is 2. The largest absolute Gasteiger partial charge is 0.493 e. The average Bonchev–Trinajstić information content (AvgIpc) is 2.77. The molecule has 1 N–H and O–H groups in total. The van der Waals surface area contributed by atoms with Crippen molar-refractivity contribution in [2.45, 2.75) is 13.0 Å². The van der Waals surface area contributed by atoms with Crippen molar-refractivity contribution >= 4 is 23.3 Å². The lowest BCUT2D eigenvalue weighted by Gasteiger charge is -2.20. The van der Waals surface area contributed by atoms with Crippen molar-refractivity contribution in [3.8, 4) is 11.5 Å². The molecule has 3 aromatic carbocycles. The molecule has 30 heavy (non-hydrogen) atoms. The van der Waals surface area contributed by atoms with Gasteiger partial charge in [0.2, 0.25) is 0 Å². The molecule has 0 aliphatic rings. The van der Waals surface area contributed by atoms with Crippen LogP contribution in [-0.4, -0.2) is 25.4 Å². The number of benzene rings is 3. The Kier molecular flexibility index (Phi) is 7.09. The van der Waals surface area contributed by atoms with Crippen LogP contribution in [0.15, 0.2) is 72.8 Å². The summed E-state index contributed by atoms with van der Waals surface area (Å²) >= 11 is 6.00. The van der Waals surface area contributed by atoms with Gasteiger partial charge in [0.1, 0.15) is 0 Å². The van der Waals surface area contributed by atoms with Crippen molar-refractivity contribution in [1.82, 2.24) is 5.32 Å². The third-order valence-electron chi connectivity index (χ3n) is 4.57. The summed E-state index contributed by atoms with van der Waals surface area (Å²) in [7, 11) is 1.48. The number of ketones is 1. The van der Waals surface area contributed by atoms with E-state index in [9.17, 15) is 9.59 Å². The number of carbonyl (C=O) groups is 2. The summed E-state index contributed by atoms with van der Waals surface area (Å²) in [6, 6.07) is 21.5. The van der Waals surface area contributed by atoms with Gasteiger partial charge in [-0.15, -0.1) is 0 Å². The Balaban J connectivity index is 1.74. The average molecular weight is 424 g/mol. The van der Waals surface area contributed by atoms with E-state index in [1.807, 2.05) is 42.5 Å². The van der Waals surface area contributed by atoms with Crippen LogP contribution in [0.1, 0.15) is 34.5 Å². The Morgan fingerprint density at radius 3 is 2.23 bits per heavy atom. The predicted molar refractivity (Wildman–Crippen MR) is 116 cm³/mol. The summed E-state index contributed by atoms with van der Waals surface area (Å²) in [5, 5.41) is 3.63. The van der Waals surface area contributed by atoms with Gasteiger partial charge in [0.05, 0.1) is 13.2 Å². The second-order valence-corrected chi connectivity index (χ2v) is 7.11. The van der Waals surface area contributed by atoms with Crippen LogP contribution >= 0.6 is 11.6 Å². The number of methoxy groups -OCH3 is 1. The first-order valence-electron chi connectivity index (χ1n) is 9.39. The molecule has 0 fully saturated rings. The van der Waals surface area contributed by atoms with Gasteiger partial charge in [-0.3, -0.25) is 9.59 Å². The van der Waals surface area contributed by atoms with Crippen LogP contribution in [0.2, 0.25) is 5.02 Å². The number of hydrogen-bond donors (Lipinski definition) is 1. The van der Waals surface area contributed by atoms with Crippen molar-refractivity contribution in [2.24, 2.45) is 0 Å². The zero-order chi connectivity index (χ0) is 21.5. The van der Waals surface area contributed by atoms with E-state index in [4.69, 9.17) is 21.1 Å².